The third-order valence-corrected chi connectivity index (χ3v) is 6.24. The summed E-state index contributed by atoms with van der Waals surface area (Å²) in [6.45, 7) is 5.68. The van der Waals surface area contributed by atoms with Gasteiger partial charge in [-0.05, 0) is 45.0 Å². The zero-order valence-electron chi connectivity index (χ0n) is 20.2. The average Bonchev–Trinajstić information content (AvgIpc) is 3.48. The maximum atomic E-state index is 12.9. The molecule has 3 atom stereocenters. The topological polar surface area (TPSA) is 105 Å². The van der Waals surface area contributed by atoms with Crippen molar-refractivity contribution < 1.29 is 23.8 Å². The average molecular weight is 487 g/mol. The molecule has 4 aromatic rings. The first-order valence-corrected chi connectivity index (χ1v) is 11.7. The van der Waals surface area contributed by atoms with Crippen molar-refractivity contribution in [3.8, 4) is 0 Å². The lowest BCUT2D eigenvalue weighted by Crippen LogP contribution is -2.32. The Balaban J connectivity index is 1.36. The van der Waals surface area contributed by atoms with Gasteiger partial charge in [-0.2, -0.15) is 0 Å². The number of nitrogens with zero attached hydrogens (tertiary/aromatic N) is 4. The molecule has 0 bridgehead atoms. The molecule has 9 heteroatoms. The van der Waals surface area contributed by atoms with E-state index in [0.29, 0.717) is 28.7 Å². The van der Waals surface area contributed by atoms with Gasteiger partial charge < -0.3 is 14.2 Å². The van der Waals surface area contributed by atoms with E-state index >= 15 is 0 Å². The zero-order chi connectivity index (χ0) is 25.2. The van der Waals surface area contributed by atoms with Crippen LogP contribution < -0.4 is 0 Å². The van der Waals surface area contributed by atoms with Gasteiger partial charge in [0.1, 0.15) is 36.9 Å². The maximum Gasteiger partial charge on any atom is 0.338 e. The van der Waals surface area contributed by atoms with E-state index < -0.39 is 30.4 Å². The monoisotopic (exact) mass is 486 g/mol. The smallest absolute Gasteiger partial charge is 0.338 e. The molecule has 1 aliphatic heterocycles. The summed E-state index contributed by atoms with van der Waals surface area (Å²) in [4.78, 5) is 38.4. The van der Waals surface area contributed by atoms with Gasteiger partial charge in [-0.1, -0.05) is 35.4 Å². The molecule has 0 radical (unpaired) electrons. The lowest BCUT2D eigenvalue weighted by molar-refractivity contribution is -0.0563. The maximum absolute atomic E-state index is 12.9. The number of aryl methyl sites for hydroxylation is 3. The van der Waals surface area contributed by atoms with Crippen molar-refractivity contribution in [2.75, 3.05) is 6.61 Å². The molecule has 0 saturated carbocycles. The number of benzene rings is 2. The highest BCUT2D eigenvalue weighted by Crippen LogP contribution is 2.33. The summed E-state index contributed by atoms with van der Waals surface area (Å²) in [5, 5.41) is 0. The Morgan fingerprint density at radius 1 is 0.917 bits per heavy atom. The van der Waals surface area contributed by atoms with E-state index in [2.05, 4.69) is 15.0 Å². The van der Waals surface area contributed by atoms with E-state index in [9.17, 15) is 9.59 Å². The molecule has 9 nitrogen and oxygen atoms in total. The van der Waals surface area contributed by atoms with Gasteiger partial charge >= 0.3 is 11.9 Å². The number of aromatic nitrogens is 4. The predicted molar refractivity (Wildman–Crippen MR) is 130 cm³/mol. The number of esters is 2. The normalized spacial score (nSPS) is 19.4. The zero-order valence-corrected chi connectivity index (χ0v) is 20.2. The van der Waals surface area contributed by atoms with Gasteiger partial charge in [0.2, 0.25) is 0 Å². The molecule has 0 unspecified atom stereocenters. The Kier molecular flexibility index (Phi) is 6.47. The second kappa shape index (κ2) is 9.87. The molecule has 3 heterocycles. The minimum absolute atomic E-state index is 0.0737. The van der Waals surface area contributed by atoms with Crippen LogP contribution in [-0.2, 0) is 14.2 Å². The van der Waals surface area contributed by atoms with Gasteiger partial charge in [-0.15, -0.1) is 0 Å². The SMILES string of the molecule is Cc1ccc(C(=O)OC[C@H]2O[C@H](n3cnc4c(C)ncnc43)C[C@@H]2OC(=O)c2ccc(C)cc2)cc1. The quantitative estimate of drug-likeness (QED) is 0.375. The summed E-state index contributed by atoms with van der Waals surface area (Å²) in [5.74, 6) is -0.935. The molecule has 184 valence electrons. The van der Waals surface area contributed by atoms with E-state index in [1.807, 2.05) is 45.0 Å². The summed E-state index contributed by atoms with van der Waals surface area (Å²) in [7, 11) is 0. The number of carbonyl (C=O) groups excluding carboxylic acids is 2. The Morgan fingerprint density at radius 2 is 1.56 bits per heavy atom. The summed E-state index contributed by atoms with van der Waals surface area (Å²) >= 11 is 0. The highest BCUT2D eigenvalue weighted by atomic mass is 16.6. The molecule has 1 aliphatic rings. The fourth-order valence-electron chi connectivity index (χ4n) is 4.15. The highest BCUT2D eigenvalue weighted by molar-refractivity contribution is 5.90. The minimum Gasteiger partial charge on any atom is -0.459 e. The largest absolute Gasteiger partial charge is 0.459 e. The van der Waals surface area contributed by atoms with Crippen LogP contribution in [-0.4, -0.2) is 50.3 Å². The van der Waals surface area contributed by atoms with Crippen molar-refractivity contribution in [1.29, 1.82) is 0 Å². The fraction of sp³-hybridized carbons (Fsp3) is 0.296. The first-order valence-electron chi connectivity index (χ1n) is 11.7. The van der Waals surface area contributed by atoms with Gasteiger partial charge in [-0.25, -0.2) is 24.5 Å². The van der Waals surface area contributed by atoms with Crippen molar-refractivity contribution in [1.82, 2.24) is 19.5 Å². The summed E-state index contributed by atoms with van der Waals surface area (Å²) in [5.41, 5.74) is 5.01. The van der Waals surface area contributed by atoms with Gasteiger partial charge in [0, 0.05) is 6.42 Å². The third kappa shape index (κ3) is 4.83. The standard InChI is InChI=1S/C27H26N4O5/c1-16-4-8-19(9-5-16)26(32)34-13-22-21(36-27(33)20-10-6-17(2)7-11-20)12-23(35-22)31-15-30-24-18(3)28-14-29-25(24)31/h4-11,14-15,21-23H,12-13H2,1-3H3/t21-,22+,23-/m0/s1. The number of fused-ring (bicyclic) bond motifs is 1. The Labute approximate surface area is 208 Å². The van der Waals surface area contributed by atoms with Crippen LogP contribution in [0.1, 0.15) is 50.2 Å². The van der Waals surface area contributed by atoms with Crippen LogP contribution in [0.2, 0.25) is 0 Å². The molecular formula is C27H26N4O5. The fourth-order valence-corrected chi connectivity index (χ4v) is 4.15. The van der Waals surface area contributed by atoms with Crippen molar-refractivity contribution in [3.63, 3.8) is 0 Å². The second-order valence-corrected chi connectivity index (χ2v) is 8.92. The van der Waals surface area contributed by atoms with Crippen LogP contribution in [0.25, 0.3) is 11.2 Å². The van der Waals surface area contributed by atoms with Gasteiger partial charge in [0.25, 0.3) is 0 Å². The van der Waals surface area contributed by atoms with Gasteiger partial charge in [0.15, 0.2) is 5.65 Å². The summed E-state index contributed by atoms with van der Waals surface area (Å²) in [6, 6.07) is 14.3. The predicted octanol–water partition coefficient (Wildman–Crippen LogP) is 4.12. The van der Waals surface area contributed by atoms with Crippen molar-refractivity contribution >= 4 is 23.1 Å². The Hall–Kier alpha value is -4.11. The molecule has 1 saturated heterocycles. The van der Waals surface area contributed by atoms with Crippen LogP contribution in [0.3, 0.4) is 0 Å². The number of ether oxygens (including phenoxy) is 3. The van der Waals surface area contributed by atoms with Crippen molar-refractivity contribution in [3.05, 3.63) is 89.1 Å². The second-order valence-electron chi connectivity index (χ2n) is 8.92. The van der Waals surface area contributed by atoms with Crippen LogP contribution in [0.4, 0.5) is 0 Å². The molecule has 0 amide bonds. The van der Waals surface area contributed by atoms with E-state index in [4.69, 9.17) is 14.2 Å². The molecule has 0 aliphatic carbocycles. The molecule has 0 N–H and O–H groups in total. The Morgan fingerprint density at radius 3 is 2.22 bits per heavy atom. The van der Waals surface area contributed by atoms with Crippen LogP contribution >= 0.6 is 0 Å². The van der Waals surface area contributed by atoms with E-state index in [-0.39, 0.29) is 6.61 Å². The number of rotatable bonds is 6. The van der Waals surface area contributed by atoms with Crippen LogP contribution in [0.5, 0.6) is 0 Å². The molecule has 2 aromatic heterocycles. The molecular weight excluding hydrogens is 460 g/mol. The van der Waals surface area contributed by atoms with Gasteiger partial charge in [-0.3, -0.25) is 4.57 Å². The molecule has 0 spiro atoms. The van der Waals surface area contributed by atoms with Crippen LogP contribution in [0, 0.1) is 20.8 Å². The minimum atomic E-state index is -0.667. The van der Waals surface area contributed by atoms with Gasteiger partial charge in [0.05, 0.1) is 23.1 Å². The third-order valence-electron chi connectivity index (χ3n) is 6.24. The number of imidazole rings is 1. The molecule has 2 aromatic carbocycles. The molecule has 1 fully saturated rings. The number of carbonyl (C=O) groups is 2. The first kappa shape index (κ1) is 23.6. The number of hydrogen-bond donors (Lipinski definition) is 0. The first-order chi connectivity index (χ1) is 17.4. The van der Waals surface area contributed by atoms with Crippen molar-refractivity contribution in [2.24, 2.45) is 0 Å². The lowest BCUT2D eigenvalue weighted by atomic mass is 10.1. The highest BCUT2D eigenvalue weighted by Gasteiger charge is 2.40. The van der Waals surface area contributed by atoms with E-state index in [0.717, 1.165) is 16.8 Å². The summed E-state index contributed by atoms with van der Waals surface area (Å²) in [6.07, 6.45) is 1.63. The summed E-state index contributed by atoms with van der Waals surface area (Å²) < 4.78 is 19.4. The lowest BCUT2D eigenvalue weighted by Gasteiger charge is -2.19. The Bertz CT molecular complexity index is 1400. The van der Waals surface area contributed by atoms with Crippen molar-refractivity contribution in [2.45, 2.75) is 45.6 Å². The van der Waals surface area contributed by atoms with E-state index in [1.165, 1.54) is 6.33 Å². The van der Waals surface area contributed by atoms with E-state index in [1.54, 1.807) is 35.2 Å². The molecule has 5 rings (SSSR count). The number of hydrogen-bond acceptors (Lipinski definition) is 8. The molecule has 36 heavy (non-hydrogen) atoms. The van der Waals surface area contributed by atoms with Crippen LogP contribution in [0.15, 0.2) is 61.2 Å².